The number of ether oxygens (including phenoxy) is 1. The van der Waals surface area contributed by atoms with Gasteiger partial charge in [0.2, 0.25) is 0 Å². The number of rotatable bonds is 6. The van der Waals surface area contributed by atoms with Crippen LogP contribution in [0.3, 0.4) is 0 Å². The maximum atomic E-state index is 5.92. The Balaban J connectivity index is 1.75. The molecule has 0 spiro atoms. The van der Waals surface area contributed by atoms with E-state index in [2.05, 4.69) is 58.3 Å². The number of hydrogen-bond donors (Lipinski definition) is 0. The summed E-state index contributed by atoms with van der Waals surface area (Å²) >= 11 is 0. The molecule has 3 nitrogen and oxygen atoms in total. The smallest absolute Gasteiger partial charge is 0.0608 e. The van der Waals surface area contributed by atoms with Crippen LogP contribution < -0.4 is 0 Å². The molecule has 2 rings (SSSR count). The zero-order valence-corrected chi connectivity index (χ0v) is 15.2. The van der Waals surface area contributed by atoms with Crippen LogP contribution in [0, 0.1) is 5.92 Å². The minimum absolute atomic E-state index is 0.339. The number of nitrogens with zero attached hydrogens (tertiary/aromatic N) is 2. The molecule has 1 aliphatic heterocycles. The maximum Gasteiger partial charge on any atom is 0.0608 e. The number of hydrogen-bond acceptors (Lipinski definition) is 3. The predicted octanol–water partition coefficient (Wildman–Crippen LogP) is 3.38. The first-order valence-corrected chi connectivity index (χ1v) is 8.83. The fraction of sp³-hybridized carbons (Fsp3) is 1.00. The normalized spacial score (nSPS) is 28.3. The number of likely N-dealkylation sites (tertiary alicyclic amines) is 1. The Bertz CT molecular complexity index is 323. The van der Waals surface area contributed by atoms with Gasteiger partial charge in [0.15, 0.2) is 0 Å². The van der Waals surface area contributed by atoms with Gasteiger partial charge in [0, 0.05) is 37.3 Å². The Morgan fingerprint density at radius 2 is 1.67 bits per heavy atom. The van der Waals surface area contributed by atoms with Gasteiger partial charge in [-0.3, -0.25) is 9.80 Å². The Labute approximate surface area is 132 Å². The van der Waals surface area contributed by atoms with Crippen molar-refractivity contribution in [2.75, 3.05) is 19.6 Å². The van der Waals surface area contributed by atoms with E-state index in [1.54, 1.807) is 0 Å². The first kappa shape index (κ1) is 17.2. The lowest BCUT2D eigenvalue weighted by Crippen LogP contribution is -2.61. The highest BCUT2D eigenvalue weighted by atomic mass is 16.5. The van der Waals surface area contributed by atoms with E-state index >= 15 is 0 Å². The van der Waals surface area contributed by atoms with Crippen LogP contribution in [0.25, 0.3) is 0 Å². The second kappa shape index (κ2) is 6.55. The van der Waals surface area contributed by atoms with Crippen molar-refractivity contribution in [1.82, 2.24) is 9.80 Å². The lowest BCUT2D eigenvalue weighted by atomic mass is 9.85. The zero-order valence-electron chi connectivity index (χ0n) is 15.2. The third kappa shape index (κ3) is 4.43. The molecule has 0 N–H and O–H groups in total. The van der Waals surface area contributed by atoms with E-state index < -0.39 is 0 Å². The quantitative estimate of drug-likeness (QED) is 0.747. The summed E-state index contributed by atoms with van der Waals surface area (Å²) in [5.41, 5.74) is 0.339. The highest BCUT2D eigenvalue weighted by Gasteiger charge is 2.40. The Kier molecular flexibility index (Phi) is 5.38. The van der Waals surface area contributed by atoms with Crippen molar-refractivity contribution in [2.45, 2.75) is 91.1 Å². The molecular weight excluding hydrogens is 260 g/mol. The summed E-state index contributed by atoms with van der Waals surface area (Å²) in [4.78, 5) is 5.33. The molecule has 1 heterocycles. The highest BCUT2D eigenvalue weighted by molar-refractivity contribution is 4.94. The summed E-state index contributed by atoms with van der Waals surface area (Å²) in [5, 5.41) is 0. The molecule has 0 aromatic rings. The first-order valence-electron chi connectivity index (χ1n) is 8.83. The van der Waals surface area contributed by atoms with Crippen molar-refractivity contribution < 1.29 is 4.74 Å². The standard InChI is InChI=1S/C18H36N2O/c1-13(2)20(16-8-17(9-16)21-14(3)4)12-15-10-19(11-15)18(5,6)7/h13-17H,8-12H2,1-7H3. The van der Waals surface area contributed by atoms with Crippen LogP contribution in [0.5, 0.6) is 0 Å². The van der Waals surface area contributed by atoms with Gasteiger partial charge in [-0.25, -0.2) is 0 Å². The molecule has 124 valence electrons. The van der Waals surface area contributed by atoms with Crippen LogP contribution in [-0.4, -0.2) is 59.3 Å². The van der Waals surface area contributed by atoms with Gasteiger partial charge in [0.05, 0.1) is 12.2 Å². The molecule has 0 amide bonds. The van der Waals surface area contributed by atoms with E-state index in [0.717, 1.165) is 12.0 Å². The zero-order chi connectivity index (χ0) is 15.8. The molecule has 1 aliphatic carbocycles. The van der Waals surface area contributed by atoms with E-state index in [4.69, 9.17) is 4.74 Å². The van der Waals surface area contributed by atoms with Gasteiger partial charge < -0.3 is 4.74 Å². The van der Waals surface area contributed by atoms with E-state index in [0.29, 0.717) is 23.8 Å². The minimum atomic E-state index is 0.339. The van der Waals surface area contributed by atoms with E-state index in [9.17, 15) is 0 Å². The molecule has 2 aliphatic rings. The maximum absolute atomic E-state index is 5.92. The summed E-state index contributed by atoms with van der Waals surface area (Å²) < 4.78 is 5.92. The summed E-state index contributed by atoms with van der Waals surface area (Å²) in [6, 6.07) is 1.40. The molecule has 21 heavy (non-hydrogen) atoms. The largest absolute Gasteiger partial charge is 0.375 e. The van der Waals surface area contributed by atoms with E-state index in [1.165, 1.54) is 32.5 Å². The first-order chi connectivity index (χ1) is 9.66. The monoisotopic (exact) mass is 296 g/mol. The van der Waals surface area contributed by atoms with Crippen molar-refractivity contribution in [3.05, 3.63) is 0 Å². The lowest BCUT2D eigenvalue weighted by Gasteiger charge is -2.52. The summed E-state index contributed by atoms with van der Waals surface area (Å²) in [6.07, 6.45) is 3.33. The van der Waals surface area contributed by atoms with Crippen molar-refractivity contribution in [2.24, 2.45) is 5.92 Å². The topological polar surface area (TPSA) is 15.7 Å². The summed E-state index contributed by atoms with van der Waals surface area (Å²) in [5.74, 6) is 0.858. The van der Waals surface area contributed by atoms with Crippen LogP contribution >= 0.6 is 0 Å². The predicted molar refractivity (Wildman–Crippen MR) is 89.7 cm³/mol. The molecule has 0 bridgehead atoms. The van der Waals surface area contributed by atoms with Crippen molar-refractivity contribution >= 4 is 0 Å². The molecule has 2 fully saturated rings. The molecule has 0 atom stereocenters. The molecule has 3 heteroatoms. The van der Waals surface area contributed by atoms with Crippen LogP contribution in [0.15, 0.2) is 0 Å². The van der Waals surface area contributed by atoms with Crippen molar-refractivity contribution in [1.29, 1.82) is 0 Å². The van der Waals surface area contributed by atoms with Gasteiger partial charge in [0.1, 0.15) is 0 Å². The van der Waals surface area contributed by atoms with Crippen LogP contribution in [0.2, 0.25) is 0 Å². The molecule has 0 aromatic carbocycles. The average molecular weight is 296 g/mol. The summed E-state index contributed by atoms with van der Waals surface area (Å²) in [6.45, 7) is 19.7. The Morgan fingerprint density at radius 1 is 1.10 bits per heavy atom. The SMILES string of the molecule is CC(C)OC1CC(N(CC2CN(C(C)(C)C)C2)C(C)C)C1. The Hall–Kier alpha value is -0.120. The van der Waals surface area contributed by atoms with Crippen LogP contribution in [-0.2, 0) is 4.74 Å². The van der Waals surface area contributed by atoms with Gasteiger partial charge in [-0.15, -0.1) is 0 Å². The van der Waals surface area contributed by atoms with E-state index in [-0.39, 0.29) is 0 Å². The molecule has 0 unspecified atom stereocenters. The Morgan fingerprint density at radius 3 is 2.10 bits per heavy atom. The van der Waals surface area contributed by atoms with Crippen LogP contribution in [0.4, 0.5) is 0 Å². The highest BCUT2D eigenvalue weighted by Crippen LogP contribution is 2.33. The van der Waals surface area contributed by atoms with Crippen molar-refractivity contribution in [3.63, 3.8) is 0 Å². The lowest BCUT2D eigenvalue weighted by molar-refractivity contribution is -0.0931. The second-order valence-corrected chi connectivity index (χ2v) is 8.66. The molecule has 1 saturated heterocycles. The van der Waals surface area contributed by atoms with Crippen LogP contribution in [0.1, 0.15) is 61.3 Å². The summed E-state index contributed by atoms with van der Waals surface area (Å²) in [7, 11) is 0. The third-order valence-electron chi connectivity index (χ3n) is 5.04. The van der Waals surface area contributed by atoms with Gasteiger partial charge in [-0.05, 0) is 67.2 Å². The molecular formula is C18H36N2O. The fourth-order valence-corrected chi connectivity index (χ4v) is 3.62. The van der Waals surface area contributed by atoms with Gasteiger partial charge in [-0.1, -0.05) is 0 Å². The van der Waals surface area contributed by atoms with Gasteiger partial charge >= 0.3 is 0 Å². The second-order valence-electron chi connectivity index (χ2n) is 8.66. The van der Waals surface area contributed by atoms with Gasteiger partial charge in [-0.2, -0.15) is 0 Å². The minimum Gasteiger partial charge on any atom is -0.375 e. The molecule has 1 saturated carbocycles. The average Bonchev–Trinajstić information content (AvgIpc) is 2.19. The van der Waals surface area contributed by atoms with Crippen molar-refractivity contribution in [3.8, 4) is 0 Å². The van der Waals surface area contributed by atoms with Gasteiger partial charge in [0.25, 0.3) is 0 Å². The molecule has 0 aromatic heterocycles. The van der Waals surface area contributed by atoms with E-state index in [1.807, 2.05) is 0 Å². The molecule has 0 radical (unpaired) electrons. The fourth-order valence-electron chi connectivity index (χ4n) is 3.62. The third-order valence-corrected chi connectivity index (χ3v) is 5.04.